The molecule has 0 saturated heterocycles. The number of nitrogens with zero attached hydrogens (tertiary/aromatic N) is 1. The van der Waals surface area contributed by atoms with Crippen molar-refractivity contribution in [1.29, 1.82) is 0 Å². The van der Waals surface area contributed by atoms with Crippen molar-refractivity contribution in [2.75, 3.05) is 32.8 Å². The zero-order valence-corrected chi connectivity index (χ0v) is 24.8. The van der Waals surface area contributed by atoms with E-state index in [0.29, 0.717) is 6.54 Å². The van der Waals surface area contributed by atoms with Gasteiger partial charge in [-0.05, 0) is 25.9 Å². The first-order valence-electron chi connectivity index (χ1n) is 16.0. The van der Waals surface area contributed by atoms with Crippen molar-refractivity contribution in [3.05, 3.63) is 0 Å². The first-order chi connectivity index (χ1) is 18.2. The van der Waals surface area contributed by atoms with E-state index in [1.54, 1.807) is 0 Å². The minimum Gasteiger partial charge on any atom is -0.373 e. The maximum atomic E-state index is 13.1. The molecule has 0 fully saturated rings. The van der Waals surface area contributed by atoms with E-state index in [2.05, 4.69) is 18.7 Å². The summed E-state index contributed by atoms with van der Waals surface area (Å²) in [6.07, 6.45) is 22.2. The van der Waals surface area contributed by atoms with Crippen molar-refractivity contribution in [3.8, 4) is 0 Å². The summed E-state index contributed by atoms with van der Waals surface area (Å²) in [6, 6.07) is 0. The molecule has 0 unspecified atom stereocenters. The third-order valence-corrected chi connectivity index (χ3v) is 7.41. The van der Waals surface area contributed by atoms with Crippen molar-refractivity contribution in [1.82, 2.24) is 4.90 Å². The molecule has 0 atom stereocenters. The van der Waals surface area contributed by atoms with Crippen LogP contribution in [0.25, 0.3) is 0 Å². The van der Waals surface area contributed by atoms with Crippen LogP contribution in [-0.2, 0) is 4.74 Å². The first-order valence-corrected chi connectivity index (χ1v) is 16.0. The Morgan fingerprint density at radius 1 is 0.447 bits per heavy atom. The molecule has 230 valence electrons. The number of hydrogen-bond acceptors (Lipinski definition) is 2. The standard InChI is InChI=1S/C31H60F5NO/c1-3-5-7-9-11-13-15-17-19-21-23-25-37(27-28-38-29-30(32,33)31(34,35)36)26-24-22-20-18-16-14-12-10-8-6-4-2/h3-29H2,1-2H3. The Morgan fingerprint density at radius 3 is 1.08 bits per heavy atom. The van der Waals surface area contributed by atoms with E-state index in [4.69, 9.17) is 4.74 Å². The van der Waals surface area contributed by atoms with Gasteiger partial charge in [-0.15, -0.1) is 0 Å². The van der Waals surface area contributed by atoms with Crippen molar-refractivity contribution in [2.24, 2.45) is 0 Å². The van der Waals surface area contributed by atoms with Crippen molar-refractivity contribution in [2.45, 2.75) is 167 Å². The van der Waals surface area contributed by atoms with E-state index >= 15 is 0 Å². The fraction of sp³-hybridized carbons (Fsp3) is 1.00. The van der Waals surface area contributed by atoms with Crippen molar-refractivity contribution < 1.29 is 26.7 Å². The highest BCUT2D eigenvalue weighted by Gasteiger charge is 2.57. The molecular formula is C31H60F5NO. The Hall–Kier alpha value is -0.430. The van der Waals surface area contributed by atoms with Crippen molar-refractivity contribution >= 4 is 0 Å². The molecule has 0 N–H and O–H groups in total. The van der Waals surface area contributed by atoms with Crippen LogP contribution in [0.4, 0.5) is 22.0 Å². The first kappa shape index (κ1) is 37.6. The smallest absolute Gasteiger partial charge is 0.373 e. The van der Waals surface area contributed by atoms with Gasteiger partial charge in [-0.3, -0.25) is 0 Å². The molecular weight excluding hydrogens is 497 g/mol. The molecule has 0 aliphatic carbocycles. The molecule has 2 nitrogen and oxygen atoms in total. The number of rotatable bonds is 29. The molecule has 0 radical (unpaired) electrons. The summed E-state index contributed by atoms with van der Waals surface area (Å²) in [7, 11) is 0. The van der Waals surface area contributed by atoms with E-state index in [9.17, 15) is 22.0 Å². The van der Waals surface area contributed by atoms with Crippen LogP contribution in [0, 0.1) is 0 Å². The summed E-state index contributed by atoms with van der Waals surface area (Å²) >= 11 is 0. The molecule has 0 aliphatic heterocycles. The summed E-state index contributed by atoms with van der Waals surface area (Å²) in [4.78, 5) is 2.19. The second-order valence-corrected chi connectivity index (χ2v) is 11.2. The average molecular weight is 558 g/mol. The zero-order valence-electron chi connectivity index (χ0n) is 24.8. The monoisotopic (exact) mass is 557 g/mol. The second kappa shape index (κ2) is 25.5. The molecule has 0 bridgehead atoms. The normalized spacial score (nSPS) is 12.6. The van der Waals surface area contributed by atoms with Gasteiger partial charge in [-0.1, -0.05) is 142 Å². The fourth-order valence-electron chi connectivity index (χ4n) is 4.81. The Balaban J connectivity index is 4.08. The Bertz CT molecular complexity index is 461. The highest BCUT2D eigenvalue weighted by molar-refractivity contribution is 4.75. The van der Waals surface area contributed by atoms with Crippen LogP contribution >= 0.6 is 0 Å². The second-order valence-electron chi connectivity index (χ2n) is 11.2. The highest BCUT2D eigenvalue weighted by Crippen LogP contribution is 2.35. The van der Waals surface area contributed by atoms with Crippen LogP contribution < -0.4 is 0 Å². The third-order valence-electron chi connectivity index (χ3n) is 7.41. The molecule has 0 amide bonds. The van der Waals surface area contributed by atoms with Gasteiger partial charge in [0, 0.05) is 6.54 Å². The van der Waals surface area contributed by atoms with E-state index in [-0.39, 0.29) is 6.61 Å². The van der Waals surface area contributed by atoms with Crippen LogP contribution in [0.3, 0.4) is 0 Å². The summed E-state index contributed by atoms with van der Waals surface area (Å²) in [6.45, 7) is 4.89. The largest absolute Gasteiger partial charge is 0.455 e. The summed E-state index contributed by atoms with van der Waals surface area (Å²) in [5.41, 5.74) is 0. The number of alkyl halides is 5. The van der Waals surface area contributed by atoms with E-state index in [0.717, 1.165) is 38.8 Å². The summed E-state index contributed by atoms with van der Waals surface area (Å²) in [5.74, 6) is -4.79. The van der Waals surface area contributed by atoms with Gasteiger partial charge in [0.2, 0.25) is 0 Å². The van der Waals surface area contributed by atoms with Gasteiger partial charge in [0.05, 0.1) is 6.61 Å². The summed E-state index contributed by atoms with van der Waals surface area (Å²) < 4.78 is 68.0. The maximum Gasteiger partial charge on any atom is 0.455 e. The predicted molar refractivity (Wildman–Crippen MR) is 151 cm³/mol. The van der Waals surface area contributed by atoms with Gasteiger partial charge >= 0.3 is 12.1 Å². The average Bonchev–Trinajstić information content (AvgIpc) is 2.87. The minimum absolute atomic E-state index is 0.0955. The number of halogens is 5. The molecule has 38 heavy (non-hydrogen) atoms. The lowest BCUT2D eigenvalue weighted by Gasteiger charge is -2.24. The van der Waals surface area contributed by atoms with Gasteiger partial charge in [-0.25, -0.2) is 0 Å². The third kappa shape index (κ3) is 23.5. The molecule has 0 aromatic carbocycles. The molecule has 0 spiro atoms. The molecule has 0 rings (SSSR count). The van der Waals surface area contributed by atoms with Gasteiger partial charge in [0.15, 0.2) is 0 Å². The van der Waals surface area contributed by atoms with Crippen LogP contribution in [0.15, 0.2) is 0 Å². The van der Waals surface area contributed by atoms with Crippen LogP contribution in [0.1, 0.15) is 155 Å². The predicted octanol–water partition coefficient (Wildman–Crippen LogP) is 11.1. The Labute approximate surface area is 231 Å². The molecule has 0 saturated carbocycles. The van der Waals surface area contributed by atoms with Gasteiger partial charge in [0.25, 0.3) is 0 Å². The van der Waals surface area contributed by atoms with Crippen LogP contribution in [0.2, 0.25) is 0 Å². The maximum absolute atomic E-state index is 13.1. The molecule has 7 heteroatoms. The molecule has 0 heterocycles. The topological polar surface area (TPSA) is 12.5 Å². The van der Waals surface area contributed by atoms with E-state index in [1.165, 1.54) is 116 Å². The number of hydrogen-bond donors (Lipinski definition) is 0. The lowest BCUT2D eigenvalue weighted by atomic mass is 10.1. The molecule has 0 aromatic heterocycles. The van der Waals surface area contributed by atoms with Crippen molar-refractivity contribution in [3.63, 3.8) is 0 Å². The van der Waals surface area contributed by atoms with Gasteiger partial charge in [-0.2, -0.15) is 22.0 Å². The summed E-state index contributed by atoms with van der Waals surface area (Å²) in [5, 5.41) is 0. The SMILES string of the molecule is CCCCCCCCCCCCCN(CCCCCCCCCCCCC)CCOCC(F)(F)C(F)(F)F. The van der Waals surface area contributed by atoms with E-state index < -0.39 is 18.7 Å². The lowest BCUT2D eigenvalue weighted by Crippen LogP contribution is -2.41. The molecule has 0 aromatic rings. The van der Waals surface area contributed by atoms with E-state index in [1.807, 2.05) is 0 Å². The number of unbranched alkanes of at least 4 members (excludes halogenated alkanes) is 20. The lowest BCUT2D eigenvalue weighted by molar-refractivity contribution is -0.296. The van der Waals surface area contributed by atoms with Gasteiger partial charge in [0.1, 0.15) is 6.61 Å². The molecule has 0 aliphatic rings. The quantitative estimate of drug-likeness (QED) is 0.0670. The highest BCUT2D eigenvalue weighted by atomic mass is 19.4. The Morgan fingerprint density at radius 2 is 0.763 bits per heavy atom. The van der Waals surface area contributed by atoms with Crippen LogP contribution in [0.5, 0.6) is 0 Å². The zero-order chi connectivity index (χ0) is 28.4. The number of ether oxygens (including phenoxy) is 1. The van der Waals surface area contributed by atoms with Crippen LogP contribution in [-0.4, -0.2) is 49.8 Å². The van der Waals surface area contributed by atoms with Gasteiger partial charge < -0.3 is 9.64 Å². The fourth-order valence-corrected chi connectivity index (χ4v) is 4.81. The Kier molecular flexibility index (Phi) is 25.2. The minimum atomic E-state index is -5.56.